The molecule has 0 spiro atoms. The number of nitrogens with zero attached hydrogens (tertiary/aromatic N) is 1. The van der Waals surface area contributed by atoms with Crippen LogP contribution in [0.25, 0.3) is 0 Å². The number of rotatable bonds is 2. The maximum absolute atomic E-state index is 13.6. The topological polar surface area (TPSA) is 72.6 Å². The third-order valence-corrected chi connectivity index (χ3v) is 3.01. The van der Waals surface area contributed by atoms with Crippen molar-refractivity contribution in [2.45, 2.75) is 24.7 Å². The van der Waals surface area contributed by atoms with Crippen molar-refractivity contribution in [3.63, 3.8) is 0 Å². The number of nitro groups is 1. The Hall–Kier alpha value is -1.60. The van der Waals surface area contributed by atoms with Crippen LogP contribution in [-0.4, -0.2) is 29.0 Å². The van der Waals surface area contributed by atoms with Crippen LogP contribution in [0.15, 0.2) is 18.2 Å². The van der Waals surface area contributed by atoms with Gasteiger partial charge in [-0.05, 0) is 11.6 Å². The fraction of sp³-hybridized carbons (Fsp3) is 0.455. The third kappa shape index (κ3) is 2.46. The molecule has 1 aliphatic heterocycles. The zero-order valence-corrected chi connectivity index (χ0v) is 9.25. The second-order valence-corrected chi connectivity index (χ2v) is 4.15. The van der Waals surface area contributed by atoms with Crippen molar-refractivity contribution in [3.05, 3.63) is 45.5 Å². The van der Waals surface area contributed by atoms with E-state index in [1.165, 1.54) is 6.07 Å². The maximum atomic E-state index is 13.6. The first-order chi connectivity index (χ1) is 8.49. The number of benzene rings is 1. The Bertz CT molecular complexity index is 468. The summed E-state index contributed by atoms with van der Waals surface area (Å²) in [6, 6.07) is 1.74. The Labute approximate surface area is 101 Å². The van der Waals surface area contributed by atoms with E-state index in [0.717, 1.165) is 6.07 Å². The number of ether oxygens (including phenoxy) is 1. The molecule has 0 radical (unpaired) electrons. The lowest BCUT2D eigenvalue weighted by Crippen LogP contribution is -2.41. The van der Waals surface area contributed by atoms with Crippen LogP contribution < -0.4 is 0 Å². The van der Waals surface area contributed by atoms with Gasteiger partial charge >= 0.3 is 0 Å². The third-order valence-electron chi connectivity index (χ3n) is 3.01. The molecule has 1 N–H and O–H groups in total. The predicted molar refractivity (Wildman–Crippen MR) is 56.5 cm³/mol. The molecule has 0 saturated carbocycles. The minimum atomic E-state index is -1.17. The van der Waals surface area contributed by atoms with Gasteiger partial charge in [0, 0.05) is 17.4 Å². The van der Waals surface area contributed by atoms with Crippen LogP contribution in [0.3, 0.4) is 0 Å². The molecule has 1 heterocycles. The zero-order valence-electron chi connectivity index (χ0n) is 9.25. The first kappa shape index (κ1) is 12.8. The SMILES string of the molecule is O=[N+]([O-])C1COC(O)CC1c1ccc(F)cc1F. The van der Waals surface area contributed by atoms with Crippen LogP contribution in [-0.2, 0) is 4.74 Å². The number of aliphatic hydroxyl groups is 1. The van der Waals surface area contributed by atoms with E-state index in [0.29, 0.717) is 6.07 Å². The molecule has 2 rings (SSSR count). The molecule has 1 saturated heterocycles. The number of hydrogen-bond acceptors (Lipinski definition) is 4. The van der Waals surface area contributed by atoms with Crippen molar-refractivity contribution >= 4 is 0 Å². The van der Waals surface area contributed by atoms with Gasteiger partial charge in [0.15, 0.2) is 6.29 Å². The summed E-state index contributed by atoms with van der Waals surface area (Å²) in [4.78, 5) is 10.3. The Morgan fingerprint density at radius 3 is 2.78 bits per heavy atom. The number of aliphatic hydroxyl groups excluding tert-OH is 1. The molecule has 7 heteroatoms. The molecule has 1 aliphatic rings. The summed E-state index contributed by atoms with van der Waals surface area (Å²) in [7, 11) is 0. The largest absolute Gasteiger partial charge is 0.368 e. The smallest absolute Gasteiger partial charge is 0.243 e. The van der Waals surface area contributed by atoms with Gasteiger partial charge in [-0.3, -0.25) is 10.1 Å². The van der Waals surface area contributed by atoms with Crippen molar-refractivity contribution in [1.82, 2.24) is 0 Å². The van der Waals surface area contributed by atoms with Crippen molar-refractivity contribution < 1.29 is 23.5 Å². The van der Waals surface area contributed by atoms with Gasteiger partial charge in [-0.25, -0.2) is 8.78 Å². The summed E-state index contributed by atoms with van der Waals surface area (Å²) in [5.74, 6) is -2.42. The second kappa shape index (κ2) is 4.95. The average molecular weight is 259 g/mol. The molecule has 1 aromatic carbocycles. The lowest BCUT2D eigenvalue weighted by molar-refractivity contribution is -0.538. The molecule has 5 nitrogen and oxygen atoms in total. The molecule has 98 valence electrons. The summed E-state index contributed by atoms with van der Waals surface area (Å²) < 4.78 is 31.2. The predicted octanol–water partition coefficient (Wildman–Crippen LogP) is 1.43. The average Bonchev–Trinajstić information content (AvgIpc) is 2.28. The molecule has 0 bridgehead atoms. The van der Waals surface area contributed by atoms with Crippen molar-refractivity contribution in [1.29, 1.82) is 0 Å². The molecule has 1 fully saturated rings. The minimum Gasteiger partial charge on any atom is -0.368 e. The van der Waals surface area contributed by atoms with Gasteiger partial charge in [0.1, 0.15) is 18.2 Å². The van der Waals surface area contributed by atoms with E-state index in [1.54, 1.807) is 0 Å². The molecule has 3 unspecified atom stereocenters. The Morgan fingerprint density at radius 2 is 2.17 bits per heavy atom. The van der Waals surface area contributed by atoms with E-state index in [-0.39, 0.29) is 18.6 Å². The second-order valence-electron chi connectivity index (χ2n) is 4.15. The fourth-order valence-electron chi connectivity index (χ4n) is 2.11. The molecular formula is C11H11F2NO4. The minimum absolute atomic E-state index is 0.0282. The standard InChI is InChI=1S/C11H11F2NO4/c12-6-1-2-7(9(13)3-6)8-4-11(15)18-5-10(8)14(16)17/h1-3,8,10-11,15H,4-5H2. The highest BCUT2D eigenvalue weighted by Crippen LogP contribution is 2.32. The van der Waals surface area contributed by atoms with E-state index in [9.17, 15) is 24.0 Å². The normalized spacial score (nSPS) is 28.1. The van der Waals surface area contributed by atoms with Crippen LogP contribution in [0.2, 0.25) is 0 Å². The highest BCUT2D eigenvalue weighted by molar-refractivity contribution is 5.24. The lowest BCUT2D eigenvalue weighted by Gasteiger charge is -2.29. The summed E-state index contributed by atoms with van der Waals surface area (Å²) >= 11 is 0. The van der Waals surface area contributed by atoms with Crippen LogP contribution in [0.4, 0.5) is 8.78 Å². The Morgan fingerprint density at radius 1 is 1.44 bits per heavy atom. The van der Waals surface area contributed by atoms with E-state index >= 15 is 0 Å². The van der Waals surface area contributed by atoms with Crippen LogP contribution in [0.1, 0.15) is 17.9 Å². The van der Waals surface area contributed by atoms with Crippen LogP contribution >= 0.6 is 0 Å². The van der Waals surface area contributed by atoms with E-state index in [1.807, 2.05) is 0 Å². The summed E-state index contributed by atoms with van der Waals surface area (Å²) in [6.45, 7) is -0.296. The van der Waals surface area contributed by atoms with Crippen molar-refractivity contribution in [2.24, 2.45) is 0 Å². The monoisotopic (exact) mass is 259 g/mol. The first-order valence-electron chi connectivity index (χ1n) is 5.37. The molecule has 1 aromatic rings. The van der Waals surface area contributed by atoms with Crippen LogP contribution in [0.5, 0.6) is 0 Å². The fourth-order valence-corrected chi connectivity index (χ4v) is 2.11. The van der Waals surface area contributed by atoms with Gasteiger partial charge < -0.3 is 9.84 Å². The molecule has 0 aliphatic carbocycles. The highest BCUT2D eigenvalue weighted by Gasteiger charge is 2.40. The van der Waals surface area contributed by atoms with Gasteiger partial charge in [-0.2, -0.15) is 0 Å². The zero-order chi connectivity index (χ0) is 13.3. The molecule has 18 heavy (non-hydrogen) atoms. The first-order valence-corrected chi connectivity index (χ1v) is 5.37. The summed E-state index contributed by atoms with van der Waals surface area (Å²) in [6.07, 6.45) is -1.26. The highest BCUT2D eigenvalue weighted by atomic mass is 19.1. The molecular weight excluding hydrogens is 248 g/mol. The van der Waals surface area contributed by atoms with Crippen LogP contribution in [0, 0.1) is 21.7 Å². The molecule has 3 atom stereocenters. The van der Waals surface area contributed by atoms with E-state index < -0.39 is 34.8 Å². The maximum Gasteiger partial charge on any atom is 0.243 e. The van der Waals surface area contributed by atoms with Gasteiger partial charge in [-0.1, -0.05) is 6.07 Å². The van der Waals surface area contributed by atoms with Crippen molar-refractivity contribution in [3.8, 4) is 0 Å². The number of halogens is 2. The molecule has 0 amide bonds. The lowest BCUT2D eigenvalue weighted by atomic mass is 9.87. The Balaban J connectivity index is 2.35. The van der Waals surface area contributed by atoms with Crippen molar-refractivity contribution in [2.75, 3.05) is 6.61 Å². The number of hydrogen-bond donors (Lipinski definition) is 1. The summed E-state index contributed by atoms with van der Waals surface area (Å²) in [5, 5.41) is 20.2. The van der Waals surface area contributed by atoms with Gasteiger partial charge in [0.2, 0.25) is 6.04 Å². The Kier molecular flexibility index (Phi) is 3.53. The van der Waals surface area contributed by atoms with Gasteiger partial charge in [0.05, 0.1) is 5.92 Å². The van der Waals surface area contributed by atoms with E-state index in [2.05, 4.69) is 0 Å². The quantitative estimate of drug-likeness (QED) is 0.644. The van der Waals surface area contributed by atoms with E-state index in [4.69, 9.17) is 4.74 Å². The molecule has 0 aromatic heterocycles. The van der Waals surface area contributed by atoms with Gasteiger partial charge in [-0.15, -0.1) is 0 Å². The summed E-state index contributed by atoms with van der Waals surface area (Å²) in [5.41, 5.74) is 0.0282. The van der Waals surface area contributed by atoms with Gasteiger partial charge in [0.25, 0.3) is 0 Å².